The maximum absolute atomic E-state index is 13.7. The molecule has 20 heavy (non-hydrogen) atoms. The zero-order chi connectivity index (χ0) is 14.5. The first-order valence-corrected chi connectivity index (χ1v) is 7.05. The van der Waals surface area contributed by atoms with E-state index in [0.29, 0.717) is 12.2 Å². The third-order valence-corrected chi connectivity index (χ3v) is 4.01. The van der Waals surface area contributed by atoms with E-state index in [4.69, 9.17) is 0 Å². The van der Waals surface area contributed by atoms with E-state index in [2.05, 4.69) is 10.1 Å². The molecule has 0 aliphatic carbocycles. The molecule has 0 fully saturated rings. The Bertz CT molecular complexity index is 589. The number of hydrogen-bond donors (Lipinski definition) is 1. The van der Waals surface area contributed by atoms with Gasteiger partial charge in [0, 0.05) is 16.3 Å². The van der Waals surface area contributed by atoms with Crippen LogP contribution in [0.25, 0.3) is 0 Å². The molecule has 0 saturated heterocycles. The van der Waals surface area contributed by atoms with Crippen molar-refractivity contribution in [1.29, 1.82) is 0 Å². The summed E-state index contributed by atoms with van der Waals surface area (Å²) in [6.07, 6.45) is 0.278. The van der Waals surface area contributed by atoms with Crippen LogP contribution in [0.15, 0.2) is 30.3 Å². The van der Waals surface area contributed by atoms with Crippen LogP contribution in [-0.2, 0) is 22.5 Å². The quantitative estimate of drug-likeness (QED) is 0.857. The second-order valence-corrected chi connectivity index (χ2v) is 5.66. The van der Waals surface area contributed by atoms with Gasteiger partial charge in [-0.05, 0) is 30.7 Å². The van der Waals surface area contributed by atoms with Crippen LogP contribution in [-0.4, -0.2) is 13.1 Å². The minimum absolute atomic E-state index is 0.253. The lowest BCUT2D eigenvalue weighted by Crippen LogP contribution is -2.03. The largest absolute Gasteiger partial charge is 0.469 e. The third-order valence-electron chi connectivity index (χ3n) is 2.92. The molecule has 5 heteroatoms. The van der Waals surface area contributed by atoms with Crippen molar-refractivity contribution in [2.24, 2.45) is 0 Å². The fraction of sp³-hybridized carbons (Fsp3) is 0.267. The Hall–Kier alpha value is -1.88. The first-order valence-electron chi connectivity index (χ1n) is 6.23. The van der Waals surface area contributed by atoms with Crippen molar-refractivity contribution in [3.8, 4) is 0 Å². The highest BCUT2D eigenvalue weighted by Gasteiger charge is 2.08. The molecule has 1 aromatic heterocycles. The molecular weight excluding hydrogens is 277 g/mol. The smallest absolute Gasteiger partial charge is 0.310 e. The van der Waals surface area contributed by atoms with E-state index < -0.39 is 0 Å². The highest BCUT2D eigenvalue weighted by molar-refractivity contribution is 7.12. The number of carbonyl (C=O) groups excluding carboxylic acids is 1. The van der Waals surface area contributed by atoms with Crippen molar-refractivity contribution in [2.75, 3.05) is 12.4 Å². The van der Waals surface area contributed by atoms with Gasteiger partial charge in [-0.15, -0.1) is 11.3 Å². The molecule has 0 aliphatic heterocycles. The standard InChI is InChI=1S/C15H16FNO2S/c1-10-4-3-5-13(16)15(10)17-9-12-7-6-11(20-12)8-14(18)19-2/h3-7,17H,8-9H2,1-2H3. The van der Waals surface area contributed by atoms with Crippen LogP contribution in [0.1, 0.15) is 15.3 Å². The molecule has 1 N–H and O–H groups in total. The van der Waals surface area contributed by atoms with Crippen LogP contribution in [0, 0.1) is 12.7 Å². The number of nitrogens with one attached hydrogen (secondary N) is 1. The number of rotatable bonds is 5. The van der Waals surface area contributed by atoms with Crippen molar-refractivity contribution in [3.63, 3.8) is 0 Å². The zero-order valence-corrected chi connectivity index (χ0v) is 12.2. The van der Waals surface area contributed by atoms with Crippen LogP contribution in [0.2, 0.25) is 0 Å². The SMILES string of the molecule is COC(=O)Cc1ccc(CNc2c(C)cccc2F)s1. The fourth-order valence-electron chi connectivity index (χ4n) is 1.86. The summed E-state index contributed by atoms with van der Waals surface area (Å²) in [7, 11) is 1.37. The normalized spacial score (nSPS) is 10.3. The van der Waals surface area contributed by atoms with Crippen LogP contribution >= 0.6 is 11.3 Å². The second kappa shape index (κ2) is 6.52. The molecule has 0 saturated carbocycles. The molecule has 2 aromatic rings. The second-order valence-electron chi connectivity index (χ2n) is 4.41. The fourth-order valence-corrected chi connectivity index (χ4v) is 2.80. The molecule has 106 valence electrons. The van der Waals surface area contributed by atoms with Gasteiger partial charge >= 0.3 is 5.97 Å². The summed E-state index contributed by atoms with van der Waals surface area (Å²) in [5.41, 5.74) is 1.40. The third kappa shape index (κ3) is 3.57. The minimum Gasteiger partial charge on any atom is -0.469 e. The van der Waals surface area contributed by atoms with E-state index in [1.54, 1.807) is 6.07 Å². The lowest BCUT2D eigenvalue weighted by atomic mass is 10.2. The van der Waals surface area contributed by atoms with Crippen LogP contribution < -0.4 is 5.32 Å². The van der Waals surface area contributed by atoms with Crippen molar-refractivity contribution in [2.45, 2.75) is 19.9 Å². The first kappa shape index (κ1) is 14.5. The predicted molar refractivity (Wildman–Crippen MR) is 78.5 cm³/mol. The Morgan fingerprint density at radius 2 is 2.05 bits per heavy atom. The summed E-state index contributed by atoms with van der Waals surface area (Å²) < 4.78 is 18.3. The van der Waals surface area contributed by atoms with E-state index in [-0.39, 0.29) is 18.2 Å². The van der Waals surface area contributed by atoms with Gasteiger partial charge in [0.05, 0.1) is 19.2 Å². The molecule has 0 aliphatic rings. The van der Waals surface area contributed by atoms with Gasteiger partial charge in [0.1, 0.15) is 5.82 Å². The van der Waals surface area contributed by atoms with Gasteiger partial charge in [-0.3, -0.25) is 4.79 Å². The summed E-state index contributed by atoms with van der Waals surface area (Å²) in [6.45, 7) is 2.40. The van der Waals surface area contributed by atoms with Crippen LogP contribution in [0.3, 0.4) is 0 Å². The average molecular weight is 293 g/mol. The molecule has 0 unspecified atom stereocenters. The predicted octanol–water partition coefficient (Wildman–Crippen LogP) is 3.52. The number of thiophene rings is 1. The minimum atomic E-state index is -0.253. The Kier molecular flexibility index (Phi) is 4.74. The number of ether oxygens (including phenoxy) is 1. The number of halogens is 1. The molecule has 0 amide bonds. The van der Waals surface area contributed by atoms with E-state index >= 15 is 0 Å². The van der Waals surface area contributed by atoms with E-state index in [9.17, 15) is 9.18 Å². The molecule has 0 bridgehead atoms. The van der Waals surface area contributed by atoms with Crippen molar-refractivity contribution < 1.29 is 13.9 Å². The maximum Gasteiger partial charge on any atom is 0.310 e. The van der Waals surface area contributed by atoms with Crippen molar-refractivity contribution in [3.05, 3.63) is 51.5 Å². The molecular formula is C15H16FNO2S. The topological polar surface area (TPSA) is 38.3 Å². The highest BCUT2D eigenvalue weighted by Crippen LogP contribution is 2.22. The molecule has 1 aromatic carbocycles. The van der Waals surface area contributed by atoms with Gasteiger partial charge in [-0.1, -0.05) is 12.1 Å². The van der Waals surface area contributed by atoms with Crippen molar-refractivity contribution >= 4 is 23.0 Å². The Morgan fingerprint density at radius 3 is 2.75 bits per heavy atom. The van der Waals surface area contributed by atoms with Crippen LogP contribution in [0.4, 0.5) is 10.1 Å². The monoisotopic (exact) mass is 293 g/mol. The van der Waals surface area contributed by atoms with Crippen LogP contribution in [0.5, 0.6) is 0 Å². The Balaban J connectivity index is 1.99. The summed E-state index contributed by atoms with van der Waals surface area (Å²) >= 11 is 1.52. The molecule has 0 radical (unpaired) electrons. The lowest BCUT2D eigenvalue weighted by Gasteiger charge is -2.09. The van der Waals surface area contributed by atoms with Gasteiger partial charge in [-0.25, -0.2) is 4.39 Å². The number of anilines is 1. The van der Waals surface area contributed by atoms with Gasteiger partial charge < -0.3 is 10.1 Å². The molecule has 0 atom stereocenters. The summed E-state index contributed by atoms with van der Waals surface area (Å²) in [4.78, 5) is 13.2. The summed E-state index contributed by atoms with van der Waals surface area (Å²) in [5, 5.41) is 3.10. The van der Waals surface area contributed by atoms with Gasteiger partial charge in [0.15, 0.2) is 0 Å². The average Bonchev–Trinajstić information content (AvgIpc) is 2.85. The number of esters is 1. The van der Waals surface area contributed by atoms with Gasteiger partial charge in [0.25, 0.3) is 0 Å². The van der Waals surface area contributed by atoms with E-state index in [1.807, 2.05) is 25.1 Å². The summed E-state index contributed by atoms with van der Waals surface area (Å²) in [6, 6.07) is 8.82. The van der Waals surface area contributed by atoms with E-state index in [0.717, 1.165) is 15.3 Å². The lowest BCUT2D eigenvalue weighted by molar-refractivity contribution is -0.139. The number of hydrogen-bond acceptors (Lipinski definition) is 4. The number of para-hydroxylation sites is 1. The van der Waals surface area contributed by atoms with Gasteiger partial charge in [-0.2, -0.15) is 0 Å². The number of benzene rings is 1. The molecule has 2 rings (SSSR count). The Morgan fingerprint density at radius 1 is 1.30 bits per heavy atom. The zero-order valence-electron chi connectivity index (χ0n) is 11.4. The number of aryl methyl sites for hydroxylation is 1. The van der Waals surface area contributed by atoms with E-state index in [1.165, 1.54) is 24.5 Å². The number of methoxy groups -OCH3 is 1. The molecule has 0 spiro atoms. The highest BCUT2D eigenvalue weighted by atomic mass is 32.1. The summed E-state index contributed by atoms with van der Waals surface area (Å²) in [5.74, 6) is -0.507. The maximum atomic E-state index is 13.7. The first-order chi connectivity index (χ1) is 9.60. The van der Waals surface area contributed by atoms with Gasteiger partial charge in [0.2, 0.25) is 0 Å². The molecule has 1 heterocycles. The van der Waals surface area contributed by atoms with Crippen molar-refractivity contribution in [1.82, 2.24) is 0 Å². The Labute approximate surface area is 121 Å². The number of carbonyl (C=O) groups is 1. The molecule has 3 nitrogen and oxygen atoms in total.